The lowest BCUT2D eigenvalue weighted by atomic mass is 9.97. The van der Waals surface area contributed by atoms with Crippen molar-refractivity contribution in [1.29, 1.82) is 0 Å². The van der Waals surface area contributed by atoms with Crippen LogP contribution in [0.15, 0.2) is 48.5 Å². The lowest BCUT2D eigenvalue weighted by Gasteiger charge is -2.31. The van der Waals surface area contributed by atoms with Crippen LogP contribution in [-0.4, -0.2) is 35.6 Å². The molecule has 1 heterocycles. The number of carbonyl (C=O) groups is 1. The Bertz CT molecular complexity index is 709. The molecule has 0 bridgehead atoms. The highest BCUT2D eigenvalue weighted by Gasteiger charge is 2.25. The van der Waals surface area contributed by atoms with Crippen molar-refractivity contribution in [3.05, 3.63) is 65.5 Å². The van der Waals surface area contributed by atoms with Crippen molar-refractivity contribution in [1.82, 2.24) is 4.90 Å². The molecule has 0 spiro atoms. The minimum atomic E-state index is -0.286. The summed E-state index contributed by atoms with van der Waals surface area (Å²) in [7, 11) is 0. The Hall–Kier alpha value is -2.40. The molecule has 1 saturated heterocycles. The SMILES string of the molecule is O=C(c1ccccc1OCc1ccc(F)cc1)N1CCC(CO)CC1. The number of hydrogen-bond donors (Lipinski definition) is 1. The largest absolute Gasteiger partial charge is 0.488 e. The van der Waals surface area contributed by atoms with E-state index in [1.807, 2.05) is 17.0 Å². The predicted molar refractivity (Wildman–Crippen MR) is 92.9 cm³/mol. The van der Waals surface area contributed by atoms with Crippen LogP contribution in [0.4, 0.5) is 4.39 Å². The summed E-state index contributed by atoms with van der Waals surface area (Å²) in [5.41, 5.74) is 1.37. The maximum absolute atomic E-state index is 13.0. The Balaban J connectivity index is 1.68. The summed E-state index contributed by atoms with van der Waals surface area (Å²) in [4.78, 5) is 14.6. The van der Waals surface area contributed by atoms with Crippen molar-refractivity contribution in [2.24, 2.45) is 5.92 Å². The second kappa shape index (κ2) is 8.12. The van der Waals surface area contributed by atoms with Gasteiger partial charge in [0.1, 0.15) is 18.2 Å². The van der Waals surface area contributed by atoms with Gasteiger partial charge in [-0.05, 0) is 48.6 Å². The summed E-state index contributed by atoms with van der Waals surface area (Å²) in [6.45, 7) is 1.75. The van der Waals surface area contributed by atoms with Crippen LogP contribution in [0.1, 0.15) is 28.8 Å². The van der Waals surface area contributed by atoms with Crippen LogP contribution in [0.3, 0.4) is 0 Å². The van der Waals surface area contributed by atoms with Crippen molar-refractivity contribution >= 4 is 5.91 Å². The Morgan fingerprint density at radius 3 is 2.48 bits per heavy atom. The van der Waals surface area contributed by atoms with E-state index in [1.165, 1.54) is 12.1 Å². The van der Waals surface area contributed by atoms with Crippen LogP contribution < -0.4 is 4.74 Å². The first-order valence-corrected chi connectivity index (χ1v) is 8.54. The molecule has 5 heteroatoms. The fourth-order valence-electron chi connectivity index (χ4n) is 3.00. The van der Waals surface area contributed by atoms with E-state index in [0.29, 0.717) is 24.4 Å². The molecule has 25 heavy (non-hydrogen) atoms. The van der Waals surface area contributed by atoms with Crippen LogP contribution in [0.2, 0.25) is 0 Å². The molecule has 1 amide bonds. The molecule has 0 aromatic heterocycles. The highest BCUT2D eigenvalue weighted by atomic mass is 19.1. The fourth-order valence-corrected chi connectivity index (χ4v) is 3.00. The van der Waals surface area contributed by atoms with Crippen LogP contribution in [0.5, 0.6) is 5.75 Å². The quantitative estimate of drug-likeness (QED) is 0.907. The molecule has 1 N–H and O–H groups in total. The van der Waals surface area contributed by atoms with Crippen LogP contribution in [0, 0.1) is 11.7 Å². The van der Waals surface area contributed by atoms with Gasteiger partial charge in [-0.1, -0.05) is 24.3 Å². The summed E-state index contributed by atoms with van der Waals surface area (Å²) in [6.07, 6.45) is 1.64. The van der Waals surface area contributed by atoms with E-state index in [-0.39, 0.29) is 30.9 Å². The fraction of sp³-hybridized carbons (Fsp3) is 0.350. The molecule has 2 aromatic rings. The van der Waals surface area contributed by atoms with Gasteiger partial charge in [0.15, 0.2) is 0 Å². The standard InChI is InChI=1S/C20H22FNO3/c21-17-7-5-16(6-8-17)14-25-19-4-2-1-3-18(19)20(24)22-11-9-15(13-23)10-12-22/h1-8,15,23H,9-14H2. The smallest absolute Gasteiger partial charge is 0.257 e. The van der Waals surface area contributed by atoms with E-state index in [4.69, 9.17) is 4.74 Å². The summed E-state index contributed by atoms with van der Waals surface area (Å²) >= 11 is 0. The number of aliphatic hydroxyl groups excluding tert-OH is 1. The van der Waals surface area contributed by atoms with E-state index in [0.717, 1.165) is 18.4 Å². The van der Waals surface area contributed by atoms with Gasteiger partial charge >= 0.3 is 0 Å². The van der Waals surface area contributed by atoms with Gasteiger partial charge in [0.25, 0.3) is 5.91 Å². The normalized spacial score (nSPS) is 15.2. The number of piperidine rings is 1. The molecule has 0 aliphatic carbocycles. The monoisotopic (exact) mass is 343 g/mol. The van der Waals surface area contributed by atoms with Crippen molar-refractivity contribution < 1.29 is 19.0 Å². The molecule has 0 radical (unpaired) electrons. The molecule has 0 atom stereocenters. The molecule has 4 nitrogen and oxygen atoms in total. The van der Waals surface area contributed by atoms with E-state index in [1.54, 1.807) is 24.3 Å². The number of benzene rings is 2. The van der Waals surface area contributed by atoms with Crippen LogP contribution in [0.25, 0.3) is 0 Å². The van der Waals surface area contributed by atoms with E-state index in [2.05, 4.69) is 0 Å². The number of amides is 1. The topological polar surface area (TPSA) is 49.8 Å². The number of nitrogens with zero attached hydrogens (tertiary/aromatic N) is 1. The third kappa shape index (κ3) is 4.37. The first-order valence-electron chi connectivity index (χ1n) is 8.54. The van der Waals surface area contributed by atoms with Gasteiger partial charge in [-0.2, -0.15) is 0 Å². The Morgan fingerprint density at radius 2 is 1.80 bits per heavy atom. The number of rotatable bonds is 5. The van der Waals surface area contributed by atoms with Gasteiger partial charge in [-0.3, -0.25) is 4.79 Å². The Kier molecular flexibility index (Phi) is 5.66. The Morgan fingerprint density at radius 1 is 1.12 bits per heavy atom. The zero-order chi connectivity index (χ0) is 17.6. The van der Waals surface area contributed by atoms with Crippen molar-refractivity contribution in [2.45, 2.75) is 19.4 Å². The van der Waals surface area contributed by atoms with Crippen molar-refractivity contribution in [2.75, 3.05) is 19.7 Å². The second-order valence-electron chi connectivity index (χ2n) is 6.33. The maximum Gasteiger partial charge on any atom is 0.257 e. The molecular formula is C20H22FNO3. The molecule has 0 unspecified atom stereocenters. The zero-order valence-electron chi connectivity index (χ0n) is 14.0. The number of hydrogen-bond acceptors (Lipinski definition) is 3. The maximum atomic E-state index is 13.0. The van der Waals surface area contributed by atoms with Gasteiger partial charge in [-0.15, -0.1) is 0 Å². The van der Waals surface area contributed by atoms with Crippen molar-refractivity contribution in [3.8, 4) is 5.75 Å². The highest BCUT2D eigenvalue weighted by Crippen LogP contribution is 2.24. The molecule has 1 aliphatic heterocycles. The third-order valence-corrected chi connectivity index (χ3v) is 4.59. The lowest BCUT2D eigenvalue weighted by molar-refractivity contribution is 0.0646. The van der Waals surface area contributed by atoms with Crippen molar-refractivity contribution in [3.63, 3.8) is 0 Å². The molecule has 3 rings (SSSR count). The summed E-state index contributed by atoms with van der Waals surface area (Å²) in [6, 6.07) is 13.3. The predicted octanol–water partition coefficient (Wildman–Crippen LogP) is 3.25. The number of halogens is 1. The van der Waals surface area contributed by atoms with E-state index < -0.39 is 0 Å². The number of ether oxygens (including phenoxy) is 1. The average Bonchev–Trinajstić information content (AvgIpc) is 2.67. The minimum Gasteiger partial charge on any atom is -0.488 e. The molecule has 132 valence electrons. The van der Waals surface area contributed by atoms with Crippen LogP contribution >= 0.6 is 0 Å². The number of para-hydroxylation sites is 1. The summed E-state index contributed by atoms with van der Waals surface area (Å²) in [5, 5.41) is 9.23. The number of carbonyl (C=O) groups excluding carboxylic acids is 1. The third-order valence-electron chi connectivity index (χ3n) is 4.59. The minimum absolute atomic E-state index is 0.0499. The molecule has 1 aliphatic rings. The van der Waals surface area contributed by atoms with Gasteiger partial charge in [-0.25, -0.2) is 4.39 Å². The lowest BCUT2D eigenvalue weighted by Crippen LogP contribution is -2.39. The zero-order valence-corrected chi connectivity index (χ0v) is 14.0. The number of likely N-dealkylation sites (tertiary alicyclic amines) is 1. The van der Waals surface area contributed by atoms with Gasteiger partial charge in [0.05, 0.1) is 5.56 Å². The van der Waals surface area contributed by atoms with Gasteiger partial charge in [0.2, 0.25) is 0 Å². The molecule has 2 aromatic carbocycles. The summed E-state index contributed by atoms with van der Waals surface area (Å²) < 4.78 is 18.8. The molecule has 0 saturated carbocycles. The Labute approximate surface area is 146 Å². The van der Waals surface area contributed by atoms with Gasteiger partial charge < -0.3 is 14.7 Å². The highest BCUT2D eigenvalue weighted by molar-refractivity contribution is 5.97. The summed E-state index contributed by atoms with van der Waals surface area (Å²) in [5.74, 6) is 0.479. The average molecular weight is 343 g/mol. The van der Waals surface area contributed by atoms with E-state index >= 15 is 0 Å². The number of aliphatic hydroxyl groups is 1. The van der Waals surface area contributed by atoms with E-state index in [9.17, 15) is 14.3 Å². The molecule has 1 fully saturated rings. The van der Waals surface area contributed by atoms with Gasteiger partial charge in [0, 0.05) is 19.7 Å². The first-order chi connectivity index (χ1) is 12.2. The van der Waals surface area contributed by atoms with Crippen LogP contribution in [-0.2, 0) is 6.61 Å². The first kappa shape index (κ1) is 17.4. The second-order valence-corrected chi connectivity index (χ2v) is 6.33. The molecular weight excluding hydrogens is 321 g/mol.